The average molecular weight is 294 g/mol. The molecule has 0 spiro atoms. The van der Waals surface area contributed by atoms with Gasteiger partial charge >= 0.3 is 5.97 Å². The second-order valence-electron chi connectivity index (χ2n) is 5.28. The number of ether oxygens (including phenoxy) is 1. The molecule has 1 aromatic heterocycles. The number of aliphatic carboxylic acids is 1. The Balaban J connectivity index is 1.88. The van der Waals surface area contributed by atoms with Crippen molar-refractivity contribution in [2.45, 2.75) is 38.8 Å². The van der Waals surface area contributed by atoms with E-state index in [0.29, 0.717) is 25.9 Å². The summed E-state index contributed by atoms with van der Waals surface area (Å²) in [6.45, 7) is 3.88. The number of carbonyl (C=O) groups is 2. The summed E-state index contributed by atoms with van der Waals surface area (Å²) in [6, 6.07) is 3.75. The molecule has 1 aliphatic rings. The number of aromatic nitrogens is 1. The van der Waals surface area contributed by atoms with Crippen LogP contribution < -0.4 is 0 Å². The zero-order chi connectivity index (χ0) is 15.2. The topological polar surface area (TPSA) is 71.8 Å². The molecule has 1 amide bonds. The number of aryl methyl sites for hydroxylation is 1. The Morgan fingerprint density at radius 2 is 2.10 bits per heavy atom. The molecule has 6 nitrogen and oxygen atoms in total. The highest BCUT2D eigenvalue weighted by molar-refractivity contribution is 5.92. The van der Waals surface area contributed by atoms with Gasteiger partial charge in [-0.2, -0.15) is 0 Å². The molecule has 21 heavy (non-hydrogen) atoms. The Bertz CT molecular complexity index is 490. The van der Waals surface area contributed by atoms with Crippen LogP contribution in [0.25, 0.3) is 0 Å². The lowest BCUT2D eigenvalue weighted by molar-refractivity contribution is -0.145. The van der Waals surface area contributed by atoms with E-state index in [4.69, 9.17) is 9.84 Å². The highest BCUT2D eigenvalue weighted by atomic mass is 16.5. The first kappa shape index (κ1) is 15.6. The van der Waals surface area contributed by atoms with Gasteiger partial charge in [-0.3, -0.25) is 4.79 Å². The summed E-state index contributed by atoms with van der Waals surface area (Å²) < 4.78 is 7.26. The SMILES string of the molecule is CCCn1cccc1C(=O)N1CCC(OCC(=O)O)CC1. The van der Waals surface area contributed by atoms with Crippen LogP contribution >= 0.6 is 0 Å². The summed E-state index contributed by atoms with van der Waals surface area (Å²) in [7, 11) is 0. The number of carboxylic acid groups (broad SMARTS) is 1. The van der Waals surface area contributed by atoms with E-state index >= 15 is 0 Å². The van der Waals surface area contributed by atoms with Crippen LogP contribution in [0, 0.1) is 0 Å². The van der Waals surface area contributed by atoms with Crippen LogP contribution in [-0.2, 0) is 16.1 Å². The van der Waals surface area contributed by atoms with Gasteiger partial charge in [-0.25, -0.2) is 4.79 Å². The predicted molar refractivity (Wildman–Crippen MR) is 77.2 cm³/mol. The lowest BCUT2D eigenvalue weighted by Gasteiger charge is -2.31. The Morgan fingerprint density at radius 3 is 2.71 bits per heavy atom. The molecule has 0 aliphatic carbocycles. The summed E-state index contributed by atoms with van der Waals surface area (Å²) in [5.41, 5.74) is 0.724. The molecule has 0 unspecified atom stereocenters. The quantitative estimate of drug-likeness (QED) is 0.865. The number of piperidine rings is 1. The van der Waals surface area contributed by atoms with Gasteiger partial charge < -0.3 is 19.3 Å². The van der Waals surface area contributed by atoms with Crippen molar-refractivity contribution in [1.29, 1.82) is 0 Å². The minimum Gasteiger partial charge on any atom is -0.480 e. The van der Waals surface area contributed by atoms with Crippen molar-refractivity contribution in [3.05, 3.63) is 24.0 Å². The Labute approximate surface area is 124 Å². The summed E-state index contributed by atoms with van der Waals surface area (Å²) in [5.74, 6) is -0.906. The highest BCUT2D eigenvalue weighted by Gasteiger charge is 2.25. The fourth-order valence-electron chi connectivity index (χ4n) is 2.62. The van der Waals surface area contributed by atoms with Crippen LogP contribution in [0.4, 0.5) is 0 Å². The summed E-state index contributed by atoms with van der Waals surface area (Å²) in [5, 5.41) is 8.60. The van der Waals surface area contributed by atoms with E-state index in [9.17, 15) is 9.59 Å². The summed E-state index contributed by atoms with van der Waals surface area (Å²) >= 11 is 0. The van der Waals surface area contributed by atoms with Gasteiger partial charge in [0.05, 0.1) is 6.10 Å². The van der Waals surface area contributed by atoms with Crippen LogP contribution in [0.2, 0.25) is 0 Å². The van der Waals surface area contributed by atoms with Gasteiger partial charge in [-0.1, -0.05) is 6.92 Å². The van der Waals surface area contributed by atoms with E-state index in [1.807, 2.05) is 27.8 Å². The van der Waals surface area contributed by atoms with Crippen LogP contribution in [0.1, 0.15) is 36.7 Å². The van der Waals surface area contributed by atoms with E-state index in [0.717, 1.165) is 18.7 Å². The number of amides is 1. The monoisotopic (exact) mass is 294 g/mol. The number of carbonyl (C=O) groups excluding carboxylic acids is 1. The Kier molecular flexibility index (Phi) is 5.38. The van der Waals surface area contributed by atoms with E-state index in [-0.39, 0.29) is 18.6 Å². The summed E-state index contributed by atoms with van der Waals surface area (Å²) in [6.07, 6.45) is 4.23. The third kappa shape index (κ3) is 4.07. The van der Waals surface area contributed by atoms with Gasteiger partial charge in [0.1, 0.15) is 12.3 Å². The van der Waals surface area contributed by atoms with Crippen LogP contribution in [0.3, 0.4) is 0 Å². The third-order valence-corrected chi connectivity index (χ3v) is 3.68. The largest absolute Gasteiger partial charge is 0.480 e. The minimum absolute atomic E-state index is 0.0464. The number of hydrogen-bond acceptors (Lipinski definition) is 3. The molecule has 1 N–H and O–H groups in total. The molecule has 1 saturated heterocycles. The average Bonchev–Trinajstić information content (AvgIpc) is 2.93. The lowest BCUT2D eigenvalue weighted by atomic mass is 10.1. The molecule has 0 saturated carbocycles. The van der Waals surface area contributed by atoms with E-state index in [1.54, 1.807) is 0 Å². The fourth-order valence-corrected chi connectivity index (χ4v) is 2.62. The lowest BCUT2D eigenvalue weighted by Crippen LogP contribution is -2.41. The predicted octanol–water partition coefficient (Wildman–Crippen LogP) is 1.60. The maximum Gasteiger partial charge on any atom is 0.329 e. The molecule has 1 aliphatic heterocycles. The summed E-state index contributed by atoms with van der Waals surface area (Å²) in [4.78, 5) is 24.8. The van der Waals surface area contributed by atoms with Crippen molar-refractivity contribution >= 4 is 11.9 Å². The van der Waals surface area contributed by atoms with Gasteiger partial charge in [0.2, 0.25) is 0 Å². The first-order valence-corrected chi connectivity index (χ1v) is 7.39. The maximum atomic E-state index is 12.5. The number of carboxylic acids is 1. The van der Waals surface area contributed by atoms with Gasteiger partial charge in [-0.05, 0) is 31.4 Å². The van der Waals surface area contributed by atoms with E-state index in [2.05, 4.69) is 6.92 Å². The second kappa shape index (κ2) is 7.26. The zero-order valence-corrected chi connectivity index (χ0v) is 12.3. The number of rotatable bonds is 6. The third-order valence-electron chi connectivity index (χ3n) is 3.68. The highest BCUT2D eigenvalue weighted by Crippen LogP contribution is 2.17. The molecule has 6 heteroatoms. The fraction of sp³-hybridized carbons (Fsp3) is 0.600. The molecule has 2 heterocycles. The molecule has 0 aromatic carbocycles. The number of hydrogen-bond donors (Lipinski definition) is 1. The smallest absolute Gasteiger partial charge is 0.329 e. The molecule has 2 rings (SSSR count). The van der Waals surface area contributed by atoms with Gasteiger partial charge in [-0.15, -0.1) is 0 Å². The van der Waals surface area contributed by atoms with Crippen molar-refractivity contribution in [1.82, 2.24) is 9.47 Å². The van der Waals surface area contributed by atoms with Crippen molar-refractivity contribution in [2.24, 2.45) is 0 Å². The van der Waals surface area contributed by atoms with Gasteiger partial charge in [0, 0.05) is 25.8 Å². The van der Waals surface area contributed by atoms with Crippen LogP contribution in [-0.4, -0.2) is 52.3 Å². The molecule has 116 valence electrons. The van der Waals surface area contributed by atoms with Gasteiger partial charge in [0.25, 0.3) is 5.91 Å². The first-order valence-electron chi connectivity index (χ1n) is 7.39. The van der Waals surface area contributed by atoms with Crippen molar-refractivity contribution < 1.29 is 19.4 Å². The Hall–Kier alpha value is -1.82. The normalized spacial score (nSPS) is 16.1. The number of likely N-dealkylation sites (tertiary alicyclic amines) is 1. The van der Waals surface area contributed by atoms with Gasteiger partial charge in [0.15, 0.2) is 0 Å². The first-order chi connectivity index (χ1) is 10.1. The molecular weight excluding hydrogens is 272 g/mol. The molecule has 1 fully saturated rings. The van der Waals surface area contributed by atoms with Crippen LogP contribution in [0.5, 0.6) is 0 Å². The zero-order valence-electron chi connectivity index (χ0n) is 12.3. The van der Waals surface area contributed by atoms with Crippen molar-refractivity contribution in [3.8, 4) is 0 Å². The molecule has 0 bridgehead atoms. The van der Waals surface area contributed by atoms with Crippen molar-refractivity contribution in [2.75, 3.05) is 19.7 Å². The van der Waals surface area contributed by atoms with Crippen molar-refractivity contribution in [3.63, 3.8) is 0 Å². The standard InChI is InChI=1S/C15H22N2O4/c1-2-7-16-8-3-4-13(16)15(20)17-9-5-12(6-10-17)21-11-14(18)19/h3-4,8,12H,2,5-7,9-11H2,1H3,(H,18,19). The second-order valence-corrected chi connectivity index (χ2v) is 5.28. The Morgan fingerprint density at radius 1 is 1.38 bits per heavy atom. The van der Waals surface area contributed by atoms with Crippen LogP contribution in [0.15, 0.2) is 18.3 Å². The molecule has 0 radical (unpaired) electrons. The molecule has 0 atom stereocenters. The molecular formula is C15H22N2O4. The minimum atomic E-state index is -0.953. The maximum absolute atomic E-state index is 12.5. The number of nitrogens with zero attached hydrogens (tertiary/aromatic N) is 2. The van der Waals surface area contributed by atoms with E-state index < -0.39 is 5.97 Å². The molecule has 1 aromatic rings. The van der Waals surface area contributed by atoms with E-state index in [1.165, 1.54) is 0 Å².